The van der Waals surface area contributed by atoms with Crippen LogP contribution in [-0.4, -0.2) is 26.4 Å². The van der Waals surface area contributed by atoms with Crippen molar-refractivity contribution in [3.63, 3.8) is 0 Å². The molecule has 0 atom stereocenters. The second kappa shape index (κ2) is 7.53. The zero-order valence-corrected chi connectivity index (χ0v) is 13.4. The first-order chi connectivity index (χ1) is 11.8. The van der Waals surface area contributed by atoms with Crippen molar-refractivity contribution in [2.45, 2.75) is 26.5 Å². The molecule has 0 fully saturated rings. The summed E-state index contributed by atoms with van der Waals surface area (Å²) in [5.74, 6) is 0.695. The van der Waals surface area contributed by atoms with Crippen molar-refractivity contribution in [1.29, 1.82) is 5.26 Å². The standard InChI is InChI=1S/C17H18N6O/c1-2-24-11-13-4-6-14(7-5-13)22-16-15-10-21-23(9-3-8-18)17(15)20-12-19-16/h4-7,10,12H,2-3,9,11H2,1H3,(H,19,20,22). The van der Waals surface area contributed by atoms with E-state index in [0.717, 1.165) is 22.3 Å². The molecule has 0 saturated carbocycles. The van der Waals surface area contributed by atoms with Gasteiger partial charge in [0.05, 0.1) is 37.2 Å². The summed E-state index contributed by atoms with van der Waals surface area (Å²) in [5, 5.41) is 17.1. The normalized spacial score (nSPS) is 10.7. The van der Waals surface area contributed by atoms with Crippen molar-refractivity contribution in [2.24, 2.45) is 0 Å². The van der Waals surface area contributed by atoms with E-state index in [0.29, 0.717) is 32.0 Å². The first kappa shape index (κ1) is 15.9. The highest BCUT2D eigenvalue weighted by molar-refractivity contribution is 5.88. The lowest BCUT2D eigenvalue weighted by Gasteiger charge is -2.08. The van der Waals surface area contributed by atoms with E-state index in [9.17, 15) is 0 Å². The van der Waals surface area contributed by atoms with Gasteiger partial charge >= 0.3 is 0 Å². The smallest absolute Gasteiger partial charge is 0.163 e. The first-order valence-electron chi connectivity index (χ1n) is 7.79. The maximum Gasteiger partial charge on any atom is 0.163 e. The number of hydrogen-bond acceptors (Lipinski definition) is 6. The number of benzene rings is 1. The van der Waals surface area contributed by atoms with Crippen LogP contribution in [0.1, 0.15) is 18.9 Å². The number of fused-ring (bicyclic) bond motifs is 1. The van der Waals surface area contributed by atoms with Crippen molar-refractivity contribution in [3.8, 4) is 6.07 Å². The van der Waals surface area contributed by atoms with Crippen molar-refractivity contribution in [2.75, 3.05) is 11.9 Å². The van der Waals surface area contributed by atoms with Gasteiger partial charge in [0.25, 0.3) is 0 Å². The van der Waals surface area contributed by atoms with Gasteiger partial charge in [-0.3, -0.25) is 0 Å². The van der Waals surface area contributed by atoms with Crippen LogP contribution in [-0.2, 0) is 17.9 Å². The molecule has 0 aliphatic rings. The molecule has 1 aromatic carbocycles. The summed E-state index contributed by atoms with van der Waals surface area (Å²) in [6, 6.07) is 10.1. The van der Waals surface area contributed by atoms with Crippen molar-refractivity contribution >= 4 is 22.5 Å². The number of nitrogens with zero attached hydrogens (tertiary/aromatic N) is 5. The summed E-state index contributed by atoms with van der Waals surface area (Å²) < 4.78 is 7.11. The Hall–Kier alpha value is -2.98. The quantitative estimate of drug-likeness (QED) is 0.719. The minimum atomic E-state index is 0.394. The fourth-order valence-electron chi connectivity index (χ4n) is 2.35. The van der Waals surface area contributed by atoms with Crippen LogP contribution < -0.4 is 5.32 Å². The number of nitriles is 1. The Morgan fingerprint density at radius 2 is 2.08 bits per heavy atom. The topological polar surface area (TPSA) is 88.7 Å². The van der Waals surface area contributed by atoms with Gasteiger partial charge in [-0.15, -0.1) is 0 Å². The zero-order chi connectivity index (χ0) is 16.8. The molecule has 3 aromatic rings. The third-order valence-corrected chi connectivity index (χ3v) is 3.56. The minimum absolute atomic E-state index is 0.394. The molecule has 3 rings (SSSR count). The van der Waals surface area contributed by atoms with Gasteiger partial charge in [-0.1, -0.05) is 12.1 Å². The predicted octanol–water partition coefficient (Wildman–Crippen LogP) is 3.02. The maximum atomic E-state index is 8.72. The van der Waals surface area contributed by atoms with E-state index in [2.05, 4.69) is 26.5 Å². The van der Waals surface area contributed by atoms with E-state index in [1.807, 2.05) is 31.2 Å². The van der Waals surface area contributed by atoms with Gasteiger partial charge in [-0.05, 0) is 24.6 Å². The van der Waals surface area contributed by atoms with Crippen LogP contribution in [0.25, 0.3) is 11.0 Å². The molecule has 0 spiro atoms. The molecule has 0 unspecified atom stereocenters. The Morgan fingerprint density at radius 3 is 2.83 bits per heavy atom. The molecule has 7 nitrogen and oxygen atoms in total. The first-order valence-corrected chi connectivity index (χ1v) is 7.79. The van der Waals surface area contributed by atoms with Gasteiger partial charge in [0, 0.05) is 12.3 Å². The van der Waals surface area contributed by atoms with Crippen molar-refractivity contribution in [3.05, 3.63) is 42.4 Å². The van der Waals surface area contributed by atoms with E-state index in [1.165, 1.54) is 6.33 Å². The molecule has 2 heterocycles. The van der Waals surface area contributed by atoms with Crippen LogP contribution in [0.2, 0.25) is 0 Å². The van der Waals surface area contributed by atoms with Crippen LogP contribution in [0.4, 0.5) is 11.5 Å². The molecular weight excluding hydrogens is 304 g/mol. The third-order valence-electron chi connectivity index (χ3n) is 3.56. The van der Waals surface area contributed by atoms with Gasteiger partial charge in [0.2, 0.25) is 0 Å². The summed E-state index contributed by atoms with van der Waals surface area (Å²) in [4.78, 5) is 8.57. The Labute approximate surface area is 139 Å². The molecule has 0 saturated heterocycles. The van der Waals surface area contributed by atoms with E-state index >= 15 is 0 Å². The largest absolute Gasteiger partial charge is 0.377 e. The molecule has 0 aliphatic heterocycles. The minimum Gasteiger partial charge on any atom is -0.377 e. The maximum absolute atomic E-state index is 8.72. The molecule has 0 amide bonds. The fourth-order valence-corrected chi connectivity index (χ4v) is 2.35. The van der Waals surface area contributed by atoms with E-state index in [-0.39, 0.29) is 0 Å². The molecule has 122 valence electrons. The van der Waals surface area contributed by atoms with E-state index in [4.69, 9.17) is 10.00 Å². The summed E-state index contributed by atoms with van der Waals surface area (Å²) in [5.41, 5.74) is 2.77. The molecule has 0 aliphatic carbocycles. The van der Waals surface area contributed by atoms with Gasteiger partial charge in [-0.2, -0.15) is 10.4 Å². The third kappa shape index (κ3) is 3.50. The number of anilines is 2. The zero-order valence-electron chi connectivity index (χ0n) is 13.4. The van der Waals surface area contributed by atoms with Gasteiger partial charge in [0.1, 0.15) is 12.1 Å². The average molecular weight is 322 g/mol. The van der Waals surface area contributed by atoms with Crippen LogP contribution in [0.15, 0.2) is 36.8 Å². The highest BCUT2D eigenvalue weighted by Gasteiger charge is 2.09. The predicted molar refractivity (Wildman–Crippen MR) is 90.6 cm³/mol. The number of nitrogens with one attached hydrogen (secondary N) is 1. The molecule has 7 heteroatoms. The number of hydrogen-bond donors (Lipinski definition) is 1. The van der Waals surface area contributed by atoms with Crippen molar-refractivity contribution < 1.29 is 4.74 Å². The van der Waals surface area contributed by atoms with Crippen LogP contribution in [0.3, 0.4) is 0 Å². The Balaban J connectivity index is 1.80. The van der Waals surface area contributed by atoms with Gasteiger partial charge in [-0.25, -0.2) is 14.6 Å². The van der Waals surface area contributed by atoms with Crippen LogP contribution in [0, 0.1) is 11.3 Å². The highest BCUT2D eigenvalue weighted by atomic mass is 16.5. The lowest BCUT2D eigenvalue weighted by atomic mass is 10.2. The Kier molecular flexibility index (Phi) is 4.99. The molecule has 1 N–H and O–H groups in total. The summed E-state index contributed by atoms with van der Waals surface area (Å²) in [6.07, 6.45) is 3.61. The lowest BCUT2D eigenvalue weighted by molar-refractivity contribution is 0.134. The number of aromatic nitrogens is 4. The van der Waals surface area contributed by atoms with Gasteiger partial charge < -0.3 is 10.1 Å². The SMILES string of the molecule is CCOCc1ccc(Nc2ncnc3c2cnn3CCC#N)cc1. The highest BCUT2D eigenvalue weighted by Crippen LogP contribution is 2.23. The molecule has 2 aromatic heterocycles. The molecular formula is C17H18N6O. The monoisotopic (exact) mass is 322 g/mol. The fraction of sp³-hybridized carbons (Fsp3) is 0.294. The van der Waals surface area contributed by atoms with E-state index < -0.39 is 0 Å². The number of rotatable bonds is 7. The lowest BCUT2D eigenvalue weighted by Crippen LogP contribution is -2.01. The van der Waals surface area contributed by atoms with E-state index in [1.54, 1.807) is 10.9 Å². The van der Waals surface area contributed by atoms with Crippen LogP contribution >= 0.6 is 0 Å². The summed E-state index contributed by atoms with van der Waals surface area (Å²) >= 11 is 0. The summed E-state index contributed by atoms with van der Waals surface area (Å²) in [7, 11) is 0. The number of aryl methyl sites for hydroxylation is 1. The second-order valence-corrected chi connectivity index (χ2v) is 5.19. The number of ether oxygens (including phenoxy) is 1. The summed E-state index contributed by atoms with van der Waals surface area (Å²) in [6.45, 7) is 3.81. The Morgan fingerprint density at radius 1 is 1.25 bits per heavy atom. The Bertz CT molecular complexity index is 850. The molecule has 0 bridgehead atoms. The molecule has 0 radical (unpaired) electrons. The van der Waals surface area contributed by atoms with Gasteiger partial charge in [0.15, 0.2) is 5.65 Å². The molecule has 24 heavy (non-hydrogen) atoms. The van der Waals surface area contributed by atoms with Crippen molar-refractivity contribution in [1.82, 2.24) is 19.7 Å². The average Bonchev–Trinajstić information content (AvgIpc) is 3.03. The van der Waals surface area contributed by atoms with Crippen LogP contribution in [0.5, 0.6) is 0 Å². The second-order valence-electron chi connectivity index (χ2n) is 5.19.